The summed E-state index contributed by atoms with van der Waals surface area (Å²) in [5.41, 5.74) is 1.27. The van der Waals surface area contributed by atoms with Crippen LogP contribution in [0.1, 0.15) is 0 Å². The van der Waals surface area contributed by atoms with Crippen molar-refractivity contribution in [2.24, 2.45) is 0 Å². The van der Waals surface area contributed by atoms with Gasteiger partial charge in [0, 0.05) is 0 Å². The third-order valence-corrected chi connectivity index (χ3v) is 0.988. The summed E-state index contributed by atoms with van der Waals surface area (Å²) in [6.07, 6.45) is 0. The van der Waals surface area contributed by atoms with Gasteiger partial charge in [-0.05, 0) is 0 Å². The third kappa shape index (κ3) is 4.83. The molecular formula is HINO2Si-2. The molecule has 0 aromatic heterocycles. The Kier molecular flexibility index (Phi) is 5.63. The van der Waals surface area contributed by atoms with Crippen molar-refractivity contribution in [3.63, 3.8) is 0 Å². The SMILES string of the molecule is [O-]NO[I-][Si]. The molecule has 0 rings (SSSR count). The minimum atomic E-state index is -0.511. The van der Waals surface area contributed by atoms with Gasteiger partial charge in [-0.15, -0.1) is 0 Å². The van der Waals surface area contributed by atoms with Crippen LogP contribution in [-0.4, -0.2) is 7.74 Å². The van der Waals surface area contributed by atoms with E-state index in [2.05, 4.69) is 10.9 Å². The van der Waals surface area contributed by atoms with E-state index < -0.39 is 20.8 Å². The molecule has 0 saturated carbocycles. The van der Waals surface area contributed by atoms with Gasteiger partial charge in [-0.1, -0.05) is 0 Å². The van der Waals surface area contributed by atoms with Crippen LogP contribution in [-0.2, 0) is 3.17 Å². The molecule has 0 aromatic rings. The first-order chi connectivity index (χ1) is 2.41. The molecule has 0 heterocycles. The zero-order valence-electron chi connectivity index (χ0n) is 2.19. The first-order valence-electron chi connectivity index (χ1n) is 0.752. The quantitative estimate of drug-likeness (QED) is 0.215. The van der Waals surface area contributed by atoms with Gasteiger partial charge in [0.1, 0.15) is 0 Å². The molecule has 5 heavy (non-hydrogen) atoms. The molecule has 0 aliphatic heterocycles. The molecule has 31 valence electrons. The molecule has 0 spiro atoms. The summed E-state index contributed by atoms with van der Waals surface area (Å²) in [4.78, 5) is 0. The van der Waals surface area contributed by atoms with E-state index in [-0.39, 0.29) is 0 Å². The molecule has 0 fully saturated rings. The average Bonchev–Trinajstić information content (AvgIpc) is 1.41. The van der Waals surface area contributed by atoms with Crippen LogP contribution in [0.25, 0.3) is 0 Å². The number of rotatable bonds is 2. The Bertz CT molecular complexity index is 17.1. The molecule has 3 nitrogen and oxygen atoms in total. The Morgan fingerprint density at radius 3 is 2.60 bits per heavy atom. The normalized spacial score (nSPS) is 9.20. The Balaban J connectivity index is 2.19. The maximum absolute atomic E-state index is 9.05. The van der Waals surface area contributed by atoms with Crippen molar-refractivity contribution in [3.05, 3.63) is 5.21 Å². The standard InChI is InChI=1S/HINO2Si/c3-2-4-1-5/h2H/q-2. The van der Waals surface area contributed by atoms with Gasteiger partial charge in [-0.3, -0.25) is 0 Å². The molecule has 0 atom stereocenters. The second-order valence-corrected chi connectivity index (χ2v) is 2.15. The van der Waals surface area contributed by atoms with Crippen LogP contribution in [0.5, 0.6) is 0 Å². The fourth-order valence-electron chi connectivity index (χ4n) is 0.0157. The number of hydrogen-bond donors (Lipinski definition) is 1. The zero-order chi connectivity index (χ0) is 4.12. The Morgan fingerprint density at radius 2 is 2.60 bits per heavy atom. The summed E-state index contributed by atoms with van der Waals surface area (Å²) in [5, 5.41) is 9.05. The molecular weight excluding hydrogens is 201 g/mol. The topological polar surface area (TPSA) is 44.3 Å². The van der Waals surface area contributed by atoms with Crippen molar-refractivity contribution in [2.45, 2.75) is 0 Å². The van der Waals surface area contributed by atoms with E-state index in [9.17, 15) is 0 Å². The van der Waals surface area contributed by atoms with Crippen LogP contribution >= 0.6 is 0 Å². The molecule has 0 bridgehead atoms. The van der Waals surface area contributed by atoms with E-state index in [1.807, 2.05) is 0 Å². The Hall–Kier alpha value is 0.827. The van der Waals surface area contributed by atoms with Crippen LogP contribution in [0.15, 0.2) is 0 Å². The molecule has 0 unspecified atom stereocenters. The third-order valence-electron chi connectivity index (χ3n) is 0.0701. The fourth-order valence-corrected chi connectivity index (χ4v) is 0.317. The van der Waals surface area contributed by atoms with Gasteiger partial charge in [0.25, 0.3) is 0 Å². The maximum atomic E-state index is 9.05. The van der Waals surface area contributed by atoms with Crippen molar-refractivity contribution < 1.29 is 24.0 Å². The molecule has 1 N–H and O–H groups in total. The Labute approximate surface area is 42.9 Å². The Morgan fingerprint density at radius 1 is 2.00 bits per heavy atom. The van der Waals surface area contributed by atoms with Crippen LogP contribution in [0, 0.1) is 5.21 Å². The predicted octanol–water partition coefficient (Wildman–Crippen LogP) is -3.91. The van der Waals surface area contributed by atoms with Gasteiger partial charge >= 0.3 is 42.6 Å². The first-order valence-corrected chi connectivity index (χ1v) is 5.25. The second kappa shape index (κ2) is 4.83. The summed E-state index contributed by atoms with van der Waals surface area (Å²) in [7, 11) is 2.98. The number of hydrogen-bond acceptors (Lipinski definition) is 3. The van der Waals surface area contributed by atoms with Crippen molar-refractivity contribution in [3.8, 4) is 0 Å². The van der Waals surface area contributed by atoms with Gasteiger partial charge in [-0.2, -0.15) is 0 Å². The van der Waals surface area contributed by atoms with E-state index >= 15 is 0 Å². The predicted molar refractivity (Wildman–Crippen MR) is 13.3 cm³/mol. The zero-order valence-corrected chi connectivity index (χ0v) is 5.35. The molecule has 3 radical (unpaired) electrons. The average molecular weight is 202 g/mol. The van der Waals surface area contributed by atoms with Crippen LogP contribution in [0.2, 0.25) is 0 Å². The summed E-state index contributed by atoms with van der Waals surface area (Å²) >= 11 is -0.511. The molecule has 0 aliphatic carbocycles. The van der Waals surface area contributed by atoms with Gasteiger partial charge in [0.15, 0.2) is 0 Å². The van der Waals surface area contributed by atoms with E-state index in [1.54, 1.807) is 0 Å². The summed E-state index contributed by atoms with van der Waals surface area (Å²) in [5.74, 6) is 0. The van der Waals surface area contributed by atoms with E-state index in [4.69, 9.17) is 5.21 Å². The molecule has 0 aromatic carbocycles. The first kappa shape index (κ1) is 5.83. The fraction of sp³-hybridized carbons (Fsp3) is 0. The van der Waals surface area contributed by atoms with Crippen molar-refractivity contribution in [2.75, 3.05) is 0 Å². The number of halogens is 1. The van der Waals surface area contributed by atoms with Gasteiger partial charge in [-0.25, -0.2) is 0 Å². The van der Waals surface area contributed by atoms with Gasteiger partial charge in [0.05, 0.1) is 0 Å². The van der Waals surface area contributed by atoms with E-state index in [1.165, 1.54) is 5.64 Å². The minimum absolute atomic E-state index is 0.511. The molecule has 5 heteroatoms. The van der Waals surface area contributed by atoms with Gasteiger partial charge in [0.2, 0.25) is 0 Å². The summed E-state index contributed by atoms with van der Waals surface area (Å²) in [6.45, 7) is 0. The second-order valence-electron chi connectivity index (χ2n) is 0.238. The monoisotopic (exact) mass is 202 g/mol. The molecule has 0 aliphatic rings. The summed E-state index contributed by atoms with van der Waals surface area (Å²) < 4.78 is 4.05. The van der Waals surface area contributed by atoms with Crippen LogP contribution in [0.4, 0.5) is 0 Å². The van der Waals surface area contributed by atoms with Crippen molar-refractivity contribution in [1.82, 2.24) is 5.64 Å². The number of nitrogens with one attached hydrogen (secondary N) is 1. The van der Waals surface area contributed by atoms with E-state index in [0.29, 0.717) is 0 Å². The molecule has 0 saturated heterocycles. The van der Waals surface area contributed by atoms with Crippen molar-refractivity contribution in [1.29, 1.82) is 0 Å². The molecule has 0 amide bonds. The summed E-state index contributed by atoms with van der Waals surface area (Å²) in [6, 6.07) is 0. The van der Waals surface area contributed by atoms with Crippen molar-refractivity contribution >= 4 is 7.74 Å². The van der Waals surface area contributed by atoms with E-state index in [0.717, 1.165) is 0 Å². The van der Waals surface area contributed by atoms with Gasteiger partial charge < -0.3 is 0 Å². The van der Waals surface area contributed by atoms with Crippen LogP contribution < -0.4 is 26.5 Å². The van der Waals surface area contributed by atoms with Crippen LogP contribution in [0.3, 0.4) is 0 Å².